The number of likely N-dealkylation sites (tertiary alicyclic amines) is 1. The molecule has 2 aromatic rings. The molecule has 0 radical (unpaired) electrons. The van der Waals surface area contributed by atoms with E-state index in [1.54, 1.807) is 0 Å². The van der Waals surface area contributed by atoms with Gasteiger partial charge in [-0.2, -0.15) is 4.99 Å². The van der Waals surface area contributed by atoms with E-state index in [9.17, 15) is 23.4 Å². The van der Waals surface area contributed by atoms with Crippen molar-refractivity contribution in [2.45, 2.75) is 25.4 Å². The maximum atomic E-state index is 12.3. The van der Waals surface area contributed by atoms with Crippen LogP contribution >= 0.6 is 11.8 Å². The van der Waals surface area contributed by atoms with Crippen LogP contribution in [0.2, 0.25) is 0 Å². The average Bonchev–Trinajstić information content (AvgIpc) is 3.25. The molecule has 2 aliphatic heterocycles. The van der Waals surface area contributed by atoms with Crippen molar-refractivity contribution in [2.75, 3.05) is 43.8 Å². The monoisotopic (exact) mass is 560 g/mol. The lowest BCUT2D eigenvalue weighted by Crippen LogP contribution is -2.33. The number of hydrogen-bond donors (Lipinski definition) is 4. The van der Waals surface area contributed by atoms with Crippen molar-refractivity contribution in [1.29, 1.82) is 0 Å². The molecule has 38 heavy (non-hydrogen) atoms. The average molecular weight is 561 g/mol. The van der Waals surface area contributed by atoms with Crippen LogP contribution in [0.15, 0.2) is 52.4 Å². The normalized spacial score (nSPS) is 17.9. The van der Waals surface area contributed by atoms with E-state index in [2.05, 4.69) is 19.9 Å². The zero-order valence-electron chi connectivity index (χ0n) is 21.1. The predicted molar refractivity (Wildman–Crippen MR) is 150 cm³/mol. The number of amides is 1. The number of carbonyl (C=O) groups excluding carboxylic acids is 1. The van der Waals surface area contributed by atoms with Gasteiger partial charge in [-0.25, -0.2) is 8.42 Å². The van der Waals surface area contributed by atoms with Gasteiger partial charge in [0, 0.05) is 26.2 Å². The lowest BCUT2D eigenvalue weighted by atomic mass is 10.1. The predicted octanol–water partition coefficient (Wildman–Crippen LogP) is 2.92. The van der Waals surface area contributed by atoms with Gasteiger partial charge in [0.15, 0.2) is 5.17 Å². The zero-order valence-corrected chi connectivity index (χ0v) is 22.7. The van der Waals surface area contributed by atoms with Gasteiger partial charge >= 0.3 is 0 Å². The minimum Gasteiger partial charge on any atom is -0.506 e. The molecule has 0 aliphatic carbocycles. The lowest BCUT2D eigenvalue weighted by Gasteiger charge is -2.27. The Morgan fingerprint density at radius 2 is 1.89 bits per heavy atom. The summed E-state index contributed by atoms with van der Waals surface area (Å²) in [6.07, 6.45) is 5.42. The minimum atomic E-state index is -3.56. The maximum absolute atomic E-state index is 12.3. The molecule has 2 heterocycles. The first-order chi connectivity index (χ1) is 18.2. The minimum absolute atomic E-state index is 0.0114. The number of sulfonamides is 1. The smallest absolute Gasteiger partial charge is 0.286 e. The molecule has 2 aromatic carbocycles. The van der Waals surface area contributed by atoms with Crippen molar-refractivity contribution in [2.24, 2.45) is 4.99 Å². The van der Waals surface area contributed by atoms with Crippen LogP contribution in [-0.2, 0) is 14.8 Å². The SMILES string of the molecule is CS(=O)(=O)Nc1cc(C(O)CNCCOc2ccc(C=C3SC(N4CCCCC4)=NC3=O)cc2)ccc1O. The van der Waals surface area contributed by atoms with Crippen molar-refractivity contribution < 1.29 is 28.2 Å². The van der Waals surface area contributed by atoms with Crippen molar-refractivity contribution >= 4 is 44.6 Å². The first kappa shape index (κ1) is 28.0. The van der Waals surface area contributed by atoms with Crippen LogP contribution < -0.4 is 14.8 Å². The van der Waals surface area contributed by atoms with E-state index >= 15 is 0 Å². The second-order valence-electron chi connectivity index (χ2n) is 9.15. The molecule has 10 nitrogen and oxygen atoms in total. The van der Waals surface area contributed by atoms with Crippen molar-refractivity contribution in [3.05, 3.63) is 58.5 Å². The van der Waals surface area contributed by atoms with E-state index in [4.69, 9.17) is 4.74 Å². The molecule has 4 rings (SSSR count). The number of carbonyl (C=O) groups is 1. The van der Waals surface area contributed by atoms with Crippen LogP contribution in [0.4, 0.5) is 5.69 Å². The molecule has 1 fully saturated rings. The Morgan fingerprint density at radius 1 is 1.16 bits per heavy atom. The fourth-order valence-electron chi connectivity index (χ4n) is 4.07. The Hall–Kier alpha value is -3.06. The van der Waals surface area contributed by atoms with Gasteiger partial charge < -0.3 is 25.2 Å². The standard InChI is InChI=1S/C26H32N4O6S2/c1-38(34,35)29-21-16-19(7-10-22(21)31)23(32)17-27-11-14-36-20-8-5-18(6-9-20)15-24-25(33)28-26(37-24)30-12-3-2-4-13-30/h5-10,15-16,23,27,29,31-32H,2-4,11-14,17H2,1H3. The van der Waals surface area contributed by atoms with Crippen molar-refractivity contribution in [3.63, 3.8) is 0 Å². The van der Waals surface area contributed by atoms with Crippen LogP contribution in [0.25, 0.3) is 6.08 Å². The zero-order chi connectivity index (χ0) is 27.1. The number of aliphatic hydroxyl groups is 1. The van der Waals surface area contributed by atoms with Crippen molar-refractivity contribution in [1.82, 2.24) is 10.2 Å². The largest absolute Gasteiger partial charge is 0.506 e. The number of aliphatic hydroxyl groups excluding tert-OH is 1. The maximum Gasteiger partial charge on any atom is 0.286 e. The van der Waals surface area contributed by atoms with Gasteiger partial charge in [-0.3, -0.25) is 9.52 Å². The number of thioether (sulfide) groups is 1. The van der Waals surface area contributed by atoms with E-state index in [-0.39, 0.29) is 23.9 Å². The number of hydrogen-bond acceptors (Lipinski definition) is 9. The molecule has 1 amide bonds. The van der Waals surface area contributed by atoms with Gasteiger partial charge in [-0.05, 0) is 72.5 Å². The van der Waals surface area contributed by atoms with Gasteiger partial charge in [0.05, 0.1) is 23.0 Å². The summed E-state index contributed by atoms with van der Waals surface area (Å²) in [7, 11) is -3.56. The fourth-order valence-corrected chi connectivity index (χ4v) is 5.60. The molecular weight excluding hydrogens is 528 g/mol. The molecule has 0 bridgehead atoms. The number of aliphatic imine (C=N–C) groups is 1. The van der Waals surface area contributed by atoms with E-state index in [1.807, 2.05) is 30.3 Å². The third-order valence-electron chi connectivity index (χ3n) is 6.00. The van der Waals surface area contributed by atoms with Gasteiger partial charge in [0.25, 0.3) is 5.91 Å². The first-order valence-corrected chi connectivity index (χ1v) is 15.1. The Balaban J connectivity index is 1.20. The summed E-state index contributed by atoms with van der Waals surface area (Å²) >= 11 is 1.43. The summed E-state index contributed by atoms with van der Waals surface area (Å²) in [5.41, 5.74) is 1.36. The summed E-state index contributed by atoms with van der Waals surface area (Å²) in [4.78, 5) is 19.4. The Kier molecular flexibility index (Phi) is 9.31. The molecule has 2 aliphatic rings. The molecule has 1 atom stereocenters. The number of ether oxygens (including phenoxy) is 1. The highest BCUT2D eigenvalue weighted by Crippen LogP contribution is 2.32. The van der Waals surface area contributed by atoms with Gasteiger partial charge in [-0.15, -0.1) is 0 Å². The topological polar surface area (TPSA) is 141 Å². The molecule has 12 heteroatoms. The van der Waals surface area contributed by atoms with Crippen LogP contribution in [0, 0.1) is 0 Å². The van der Waals surface area contributed by atoms with Gasteiger partial charge in [0.1, 0.15) is 18.1 Å². The number of nitrogens with zero attached hydrogens (tertiary/aromatic N) is 2. The number of amidine groups is 1. The molecule has 0 aromatic heterocycles. The number of phenolic OH excluding ortho intramolecular Hbond substituents is 1. The number of phenols is 1. The van der Waals surface area contributed by atoms with Gasteiger partial charge in [0.2, 0.25) is 10.0 Å². The highest BCUT2D eigenvalue weighted by atomic mass is 32.2. The molecule has 1 saturated heterocycles. The summed E-state index contributed by atoms with van der Waals surface area (Å²) < 4.78 is 30.8. The summed E-state index contributed by atoms with van der Waals surface area (Å²) in [5.74, 6) is 0.263. The highest BCUT2D eigenvalue weighted by Gasteiger charge is 2.26. The van der Waals surface area contributed by atoms with E-state index in [1.165, 1.54) is 36.4 Å². The Bertz CT molecular complexity index is 1310. The second kappa shape index (κ2) is 12.7. The van der Waals surface area contributed by atoms with Gasteiger partial charge in [-0.1, -0.05) is 18.2 Å². The molecule has 204 valence electrons. The fraction of sp³-hybridized carbons (Fsp3) is 0.385. The number of benzene rings is 2. The van der Waals surface area contributed by atoms with Crippen molar-refractivity contribution in [3.8, 4) is 11.5 Å². The number of rotatable bonds is 10. The molecular formula is C26H32N4O6S2. The van der Waals surface area contributed by atoms with Crippen LogP contribution in [0.5, 0.6) is 11.5 Å². The quantitative estimate of drug-likeness (QED) is 0.196. The number of nitrogens with one attached hydrogen (secondary N) is 2. The van der Waals surface area contributed by atoms with Crippen LogP contribution in [0.3, 0.4) is 0 Å². The second-order valence-corrected chi connectivity index (χ2v) is 11.9. The lowest BCUT2D eigenvalue weighted by molar-refractivity contribution is -0.113. The summed E-state index contributed by atoms with van der Waals surface area (Å²) in [6.45, 7) is 2.95. The third-order valence-corrected chi connectivity index (χ3v) is 7.63. The van der Waals surface area contributed by atoms with E-state index in [0.717, 1.165) is 42.9 Å². The third kappa shape index (κ3) is 7.97. The first-order valence-electron chi connectivity index (χ1n) is 12.4. The summed E-state index contributed by atoms with van der Waals surface area (Å²) in [5, 5.41) is 24.1. The number of aromatic hydroxyl groups is 1. The number of anilines is 1. The van der Waals surface area contributed by atoms with Crippen LogP contribution in [-0.4, -0.2) is 73.6 Å². The van der Waals surface area contributed by atoms with E-state index in [0.29, 0.717) is 29.4 Å². The highest BCUT2D eigenvalue weighted by molar-refractivity contribution is 8.18. The molecule has 0 spiro atoms. The molecule has 1 unspecified atom stereocenters. The number of piperidine rings is 1. The Morgan fingerprint density at radius 3 is 2.61 bits per heavy atom. The van der Waals surface area contributed by atoms with Crippen LogP contribution in [0.1, 0.15) is 36.5 Å². The molecule has 0 saturated carbocycles. The Labute approximate surface area is 226 Å². The summed E-state index contributed by atoms with van der Waals surface area (Å²) in [6, 6.07) is 11.7. The van der Waals surface area contributed by atoms with E-state index < -0.39 is 16.1 Å². The molecule has 4 N–H and O–H groups in total.